The van der Waals surface area contributed by atoms with Crippen LogP contribution in [-0.2, 0) is 4.79 Å². The van der Waals surface area contributed by atoms with Gasteiger partial charge in [-0.2, -0.15) is 0 Å². The molecule has 0 aromatic rings. The number of hydrogen-bond acceptors (Lipinski definition) is 4. The Labute approximate surface area is 138 Å². The Morgan fingerprint density at radius 3 is 2.61 bits per heavy atom. The number of nitrogens with zero attached hydrogens (tertiary/aromatic N) is 2. The Morgan fingerprint density at radius 2 is 2.04 bits per heavy atom. The van der Waals surface area contributed by atoms with Crippen LogP contribution in [0.25, 0.3) is 0 Å². The average Bonchev–Trinajstić information content (AvgIpc) is 2.92. The molecule has 2 aliphatic rings. The Balaban J connectivity index is 1.79. The number of carbonyl (C=O) groups is 1. The summed E-state index contributed by atoms with van der Waals surface area (Å²) in [5, 5.41) is 16.7. The van der Waals surface area contributed by atoms with Gasteiger partial charge in [-0.15, -0.1) is 0 Å². The van der Waals surface area contributed by atoms with Gasteiger partial charge in [-0.05, 0) is 32.6 Å². The maximum Gasteiger partial charge on any atom is 0.231 e. The summed E-state index contributed by atoms with van der Waals surface area (Å²) in [5.74, 6) is 0.865. The standard InChI is InChI=1S/C16H31N5O2/c1-2-18-16(19-10-12-4-3-5-14(12)22)20-13-6-8-21(9-7-13)11-15(17)23/h12-14,22H,2-11H2,1H3,(H2,17,23)(H2,18,19,20). The van der Waals surface area contributed by atoms with Crippen molar-refractivity contribution in [2.24, 2.45) is 16.6 Å². The number of guanidine groups is 1. The van der Waals surface area contributed by atoms with Gasteiger partial charge in [0, 0.05) is 38.1 Å². The summed E-state index contributed by atoms with van der Waals surface area (Å²) in [6.45, 7) is 5.65. The molecule has 23 heavy (non-hydrogen) atoms. The summed E-state index contributed by atoms with van der Waals surface area (Å²) in [7, 11) is 0. The van der Waals surface area contributed by atoms with Gasteiger partial charge in [0.1, 0.15) is 0 Å². The van der Waals surface area contributed by atoms with Crippen LogP contribution in [0.15, 0.2) is 4.99 Å². The van der Waals surface area contributed by atoms with Gasteiger partial charge >= 0.3 is 0 Å². The normalized spacial score (nSPS) is 27.1. The van der Waals surface area contributed by atoms with Crippen LogP contribution in [0.4, 0.5) is 0 Å². The van der Waals surface area contributed by atoms with Gasteiger partial charge in [-0.25, -0.2) is 0 Å². The molecule has 7 heteroatoms. The molecular weight excluding hydrogens is 294 g/mol. The number of likely N-dealkylation sites (tertiary alicyclic amines) is 1. The average molecular weight is 325 g/mol. The number of aliphatic hydroxyl groups is 1. The van der Waals surface area contributed by atoms with Gasteiger partial charge < -0.3 is 21.5 Å². The van der Waals surface area contributed by atoms with Crippen LogP contribution in [0.5, 0.6) is 0 Å². The van der Waals surface area contributed by atoms with E-state index in [1.165, 1.54) is 0 Å². The number of piperidine rings is 1. The Hall–Kier alpha value is -1.34. The fourth-order valence-corrected chi connectivity index (χ4v) is 3.41. The van der Waals surface area contributed by atoms with E-state index in [4.69, 9.17) is 5.73 Å². The van der Waals surface area contributed by atoms with Crippen LogP contribution in [0, 0.1) is 5.92 Å². The number of nitrogens with one attached hydrogen (secondary N) is 2. The quantitative estimate of drug-likeness (QED) is 0.395. The zero-order chi connectivity index (χ0) is 16.7. The number of rotatable bonds is 6. The molecule has 1 saturated heterocycles. The van der Waals surface area contributed by atoms with E-state index in [1.54, 1.807) is 0 Å². The molecule has 1 aliphatic heterocycles. The minimum atomic E-state index is -0.263. The van der Waals surface area contributed by atoms with Crippen LogP contribution in [0.1, 0.15) is 39.0 Å². The van der Waals surface area contributed by atoms with Gasteiger partial charge in [-0.1, -0.05) is 6.42 Å². The summed E-state index contributed by atoms with van der Waals surface area (Å²) < 4.78 is 0. The fourth-order valence-electron chi connectivity index (χ4n) is 3.41. The zero-order valence-corrected chi connectivity index (χ0v) is 14.1. The SMILES string of the molecule is CCNC(=NCC1CCCC1O)NC1CCN(CC(N)=O)CC1. The lowest BCUT2D eigenvalue weighted by Crippen LogP contribution is -2.50. The molecule has 1 amide bonds. The molecule has 132 valence electrons. The number of carbonyl (C=O) groups excluding carboxylic acids is 1. The third kappa shape index (κ3) is 5.99. The maximum atomic E-state index is 11.0. The third-order valence-corrected chi connectivity index (χ3v) is 4.75. The largest absolute Gasteiger partial charge is 0.393 e. The third-order valence-electron chi connectivity index (χ3n) is 4.75. The van der Waals surface area contributed by atoms with Crippen molar-refractivity contribution in [2.45, 2.75) is 51.2 Å². The molecule has 2 atom stereocenters. The van der Waals surface area contributed by atoms with Crippen LogP contribution in [0.2, 0.25) is 0 Å². The first-order chi connectivity index (χ1) is 11.1. The summed E-state index contributed by atoms with van der Waals surface area (Å²) >= 11 is 0. The van der Waals surface area contributed by atoms with Crippen molar-refractivity contribution in [3.63, 3.8) is 0 Å². The minimum absolute atomic E-state index is 0.196. The second kappa shape index (κ2) is 9.08. The van der Waals surface area contributed by atoms with Gasteiger partial charge in [0.2, 0.25) is 5.91 Å². The van der Waals surface area contributed by atoms with E-state index in [9.17, 15) is 9.90 Å². The first-order valence-corrected chi connectivity index (χ1v) is 8.82. The van der Waals surface area contributed by atoms with Gasteiger partial charge in [0.25, 0.3) is 0 Å². The van der Waals surface area contributed by atoms with E-state index in [2.05, 4.69) is 27.4 Å². The summed E-state index contributed by atoms with van der Waals surface area (Å²) in [4.78, 5) is 17.7. The molecule has 0 aromatic carbocycles. The number of aliphatic hydroxyl groups excluding tert-OH is 1. The lowest BCUT2D eigenvalue weighted by Gasteiger charge is -2.32. The predicted molar refractivity (Wildman–Crippen MR) is 91.1 cm³/mol. The highest BCUT2D eigenvalue weighted by molar-refractivity contribution is 5.80. The molecule has 0 radical (unpaired) electrons. The zero-order valence-electron chi connectivity index (χ0n) is 14.1. The molecule has 1 aliphatic carbocycles. The molecule has 0 bridgehead atoms. The number of amides is 1. The van der Waals surface area contributed by atoms with E-state index in [-0.39, 0.29) is 12.0 Å². The van der Waals surface area contributed by atoms with Crippen molar-refractivity contribution in [2.75, 3.05) is 32.7 Å². The Kier molecular flexibility index (Phi) is 7.11. The molecular formula is C16H31N5O2. The first kappa shape index (κ1) is 18.0. The summed E-state index contributed by atoms with van der Waals surface area (Å²) in [6.07, 6.45) is 4.83. The van der Waals surface area contributed by atoms with Crippen LogP contribution in [0.3, 0.4) is 0 Å². The van der Waals surface area contributed by atoms with Gasteiger partial charge in [0.05, 0.1) is 12.6 Å². The molecule has 0 spiro atoms. The topological polar surface area (TPSA) is 103 Å². The predicted octanol–water partition coefficient (Wildman–Crippen LogP) is -0.348. The highest BCUT2D eigenvalue weighted by atomic mass is 16.3. The van der Waals surface area contributed by atoms with Crippen molar-refractivity contribution in [1.29, 1.82) is 0 Å². The molecule has 2 rings (SSSR count). The van der Waals surface area contributed by atoms with Crippen LogP contribution < -0.4 is 16.4 Å². The lowest BCUT2D eigenvalue weighted by molar-refractivity contribution is -0.119. The van der Waals surface area contributed by atoms with Crippen molar-refractivity contribution in [3.8, 4) is 0 Å². The minimum Gasteiger partial charge on any atom is -0.393 e. The van der Waals surface area contributed by atoms with E-state index in [0.29, 0.717) is 25.0 Å². The number of nitrogens with two attached hydrogens (primary N) is 1. The number of hydrogen-bond donors (Lipinski definition) is 4. The van der Waals surface area contributed by atoms with Crippen LogP contribution >= 0.6 is 0 Å². The molecule has 7 nitrogen and oxygen atoms in total. The van der Waals surface area contributed by atoms with Crippen molar-refractivity contribution in [1.82, 2.24) is 15.5 Å². The highest BCUT2D eigenvalue weighted by Crippen LogP contribution is 2.25. The van der Waals surface area contributed by atoms with E-state index in [1.807, 2.05) is 0 Å². The highest BCUT2D eigenvalue weighted by Gasteiger charge is 2.25. The second-order valence-corrected chi connectivity index (χ2v) is 6.64. The monoisotopic (exact) mass is 325 g/mol. The first-order valence-electron chi connectivity index (χ1n) is 8.82. The van der Waals surface area contributed by atoms with E-state index in [0.717, 1.165) is 57.7 Å². The summed E-state index contributed by atoms with van der Waals surface area (Å²) in [5.41, 5.74) is 5.24. The molecule has 1 saturated carbocycles. The van der Waals surface area contributed by atoms with Crippen molar-refractivity contribution >= 4 is 11.9 Å². The molecule has 1 heterocycles. The number of aliphatic imine (C=N–C) groups is 1. The second-order valence-electron chi connectivity index (χ2n) is 6.64. The number of primary amides is 1. The molecule has 5 N–H and O–H groups in total. The Bertz CT molecular complexity index is 407. The molecule has 0 aromatic heterocycles. The van der Waals surface area contributed by atoms with Crippen LogP contribution in [-0.4, -0.2) is 66.7 Å². The molecule has 2 fully saturated rings. The van der Waals surface area contributed by atoms with Gasteiger partial charge in [-0.3, -0.25) is 14.7 Å². The van der Waals surface area contributed by atoms with Crippen molar-refractivity contribution in [3.05, 3.63) is 0 Å². The maximum absolute atomic E-state index is 11.0. The smallest absolute Gasteiger partial charge is 0.231 e. The fraction of sp³-hybridized carbons (Fsp3) is 0.875. The lowest BCUT2D eigenvalue weighted by atomic mass is 10.1. The van der Waals surface area contributed by atoms with Crippen molar-refractivity contribution < 1.29 is 9.90 Å². The molecule has 2 unspecified atom stereocenters. The summed E-state index contributed by atoms with van der Waals surface area (Å²) in [6, 6.07) is 0.366. The van der Waals surface area contributed by atoms with E-state index < -0.39 is 0 Å². The van der Waals surface area contributed by atoms with Gasteiger partial charge in [0.15, 0.2) is 5.96 Å². The van der Waals surface area contributed by atoms with E-state index >= 15 is 0 Å². The Morgan fingerprint density at radius 1 is 1.30 bits per heavy atom.